The van der Waals surface area contributed by atoms with Gasteiger partial charge < -0.3 is 10.0 Å². The van der Waals surface area contributed by atoms with Crippen LogP contribution in [0.15, 0.2) is 30.5 Å². The van der Waals surface area contributed by atoms with Crippen molar-refractivity contribution in [3.05, 3.63) is 34.0 Å². The Hall–Kier alpha value is -0.880. The van der Waals surface area contributed by atoms with Gasteiger partial charge in [-0.2, -0.15) is 0 Å². The van der Waals surface area contributed by atoms with Gasteiger partial charge in [-0.25, -0.2) is 0 Å². The minimum Gasteiger partial charge on any atom is -0.396 e. The summed E-state index contributed by atoms with van der Waals surface area (Å²) < 4.78 is 1.18. The smallest absolute Gasteiger partial charge is 0.0723 e. The van der Waals surface area contributed by atoms with E-state index in [-0.39, 0.29) is 6.61 Å². The molecule has 0 saturated carbocycles. The van der Waals surface area contributed by atoms with Gasteiger partial charge in [0.15, 0.2) is 0 Å². The zero-order valence-electron chi connectivity index (χ0n) is 9.31. The molecule has 88 valence electrons. The number of rotatable bonds is 2. The van der Waals surface area contributed by atoms with Crippen molar-refractivity contribution in [2.75, 3.05) is 24.6 Å². The van der Waals surface area contributed by atoms with Crippen molar-refractivity contribution in [2.24, 2.45) is 5.92 Å². The van der Waals surface area contributed by atoms with E-state index in [1.165, 1.54) is 14.6 Å². The SMILES string of the molecule is OCC1CN(c2c(I)cnc3ccccc23)C1. The number of aliphatic hydroxyl groups excluding tert-OH is 1. The fraction of sp³-hybridized carbons (Fsp3) is 0.308. The van der Waals surface area contributed by atoms with Gasteiger partial charge in [0.25, 0.3) is 0 Å². The minimum atomic E-state index is 0.288. The maximum Gasteiger partial charge on any atom is 0.0723 e. The highest BCUT2D eigenvalue weighted by Gasteiger charge is 2.28. The molecule has 0 unspecified atom stereocenters. The standard InChI is InChI=1S/C13H13IN2O/c14-11-5-15-12-4-2-1-3-10(12)13(11)16-6-9(7-16)8-17/h1-5,9,17H,6-8H2. The summed E-state index contributed by atoms with van der Waals surface area (Å²) in [5.41, 5.74) is 2.30. The maximum atomic E-state index is 9.09. The fourth-order valence-electron chi connectivity index (χ4n) is 2.29. The van der Waals surface area contributed by atoms with Crippen LogP contribution in [0.25, 0.3) is 10.9 Å². The number of aromatic nitrogens is 1. The molecular weight excluding hydrogens is 327 g/mol. The predicted octanol–water partition coefficient (Wildman–Crippen LogP) is 2.27. The molecule has 2 aromatic rings. The lowest BCUT2D eigenvalue weighted by Crippen LogP contribution is -2.48. The van der Waals surface area contributed by atoms with E-state index in [4.69, 9.17) is 5.11 Å². The third-order valence-electron chi connectivity index (χ3n) is 3.23. The van der Waals surface area contributed by atoms with Crippen molar-refractivity contribution >= 4 is 39.2 Å². The molecule has 1 aliphatic heterocycles. The Morgan fingerprint density at radius 3 is 2.88 bits per heavy atom. The number of pyridine rings is 1. The second-order valence-electron chi connectivity index (χ2n) is 4.43. The molecule has 1 N–H and O–H groups in total. The number of aliphatic hydroxyl groups is 1. The fourth-order valence-corrected chi connectivity index (χ4v) is 3.06. The van der Waals surface area contributed by atoms with E-state index >= 15 is 0 Å². The molecule has 17 heavy (non-hydrogen) atoms. The van der Waals surface area contributed by atoms with Crippen LogP contribution < -0.4 is 4.90 Å². The van der Waals surface area contributed by atoms with Crippen LogP contribution in [0, 0.1) is 9.49 Å². The van der Waals surface area contributed by atoms with Crippen LogP contribution in [0.4, 0.5) is 5.69 Å². The van der Waals surface area contributed by atoms with Crippen LogP contribution in [-0.2, 0) is 0 Å². The van der Waals surface area contributed by atoms with Crippen molar-refractivity contribution in [3.63, 3.8) is 0 Å². The van der Waals surface area contributed by atoms with Gasteiger partial charge in [0, 0.05) is 37.2 Å². The predicted molar refractivity (Wildman–Crippen MR) is 77.2 cm³/mol. The van der Waals surface area contributed by atoms with Gasteiger partial charge in [-0.1, -0.05) is 18.2 Å². The van der Waals surface area contributed by atoms with Crippen molar-refractivity contribution in [2.45, 2.75) is 0 Å². The molecule has 1 aromatic carbocycles. The van der Waals surface area contributed by atoms with E-state index in [0.29, 0.717) is 5.92 Å². The molecule has 2 heterocycles. The Balaban J connectivity index is 2.06. The summed E-state index contributed by atoms with van der Waals surface area (Å²) >= 11 is 2.33. The van der Waals surface area contributed by atoms with Crippen LogP contribution in [0.2, 0.25) is 0 Å². The molecule has 0 aliphatic carbocycles. The number of para-hydroxylation sites is 1. The molecule has 0 atom stereocenters. The second-order valence-corrected chi connectivity index (χ2v) is 5.59. The Labute approximate surface area is 114 Å². The number of nitrogens with zero attached hydrogens (tertiary/aromatic N) is 2. The zero-order chi connectivity index (χ0) is 11.8. The topological polar surface area (TPSA) is 36.4 Å². The summed E-state index contributed by atoms with van der Waals surface area (Å²) in [4.78, 5) is 6.76. The highest BCUT2D eigenvalue weighted by molar-refractivity contribution is 14.1. The van der Waals surface area contributed by atoms with Gasteiger partial charge in [0.05, 0.1) is 14.8 Å². The van der Waals surface area contributed by atoms with E-state index in [1.807, 2.05) is 24.4 Å². The summed E-state index contributed by atoms with van der Waals surface area (Å²) in [7, 11) is 0. The van der Waals surface area contributed by atoms with E-state index in [0.717, 1.165) is 18.6 Å². The van der Waals surface area contributed by atoms with Gasteiger partial charge in [-0.05, 0) is 28.7 Å². The van der Waals surface area contributed by atoms with Crippen LogP contribution in [0.5, 0.6) is 0 Å². The van der Waals surface area contributed by atoms with E-state index in [1.54, 1.807) is 0 Å². The van der Waals surface area contributed by atoms with E-state index < -0.39 is 0 Å². The summed E-state index contributed by atoms with van der Waals surface area (Å²) in [5, 5.41) is 10.3. The third-order valence-corrected chi connectivity index (χ3v) is 4.02. The zero-order valence-corrected chi connectivity index (χ0v) is 11.5. The summed E-state index contributed by atoms with van der Waals surface area (Å²) in [6.07, 6.45) is 1.92. The van der Waals surface area contributed by atoms with Crippen LogP contribution in [0.3, 0.4) is 0 Å². The van der Waals surface area contributed by atoms with Crippen LogP contribution in [0.1, 0.15) is 0 Å². The normalized spacial score (nSPS) is 16.2. The highest BCUT2D eigenvalue weighted by atomic mass is 127. The number of hydrogen-bond donors (Lipinski definition) is 1. The lowest BCUT2D eigenvalue weighted by atomic mass is 9.99. The average molecular weight is 340 g/mol. The van der Waals surface area contributed by atoms with Gasteiger partial charge in [0.1, 0.15) is 0 Å². The lowest BCUT2D eigenvalue weighted by Gasteiger charge is -2.41. The Bertz CT molecular complexity index is 552. The lowest BCUT2D eigenvalue weighted by molar-refractivity contribution is 0.201. The molecule has 1 aromatic heterocycles. The van der Waals surface area contributed by atoms with Gasteiger partial charge in [-0.15, -0.1) is 0 Å². The van der Waals surface area contributed by atoms with Crippen LogP contribution >= 0.6 is 22.6 Å². The molecule has 1 aliphatic rings. The first-order valence-electron chi connectivity index (χ1n) is 5.68. The Kier molecular flexibility index (Phi) is 2.92. The molecule has 0 bridgehead atoms. The van der Waals surface area contributed by atoms with Crippen LogP contribution in [-0.4, -0.2) is 29.8 Å². The maximum absolute atomic E-state index is 9.09. The second kappa shape index (κ2) is 4.42. The first-order chi connectivity index (χ1) is 8.29. The van der Waals surface area contributed by atoms with Gasteiger partial charge >= 0.3 is 0 Å². The molecule has 1 fully saturated rings. The average Bonchev–Trinajstić information content (AvgIpc) is 2.30. The quantitative estimate of drug-likeness (QED) is 0.852. The molecule has 4 heteroatoms. The van der Waals surface area contributed by atoms with Crippen molar-refractivity contribution in [3.8, 4) is 0 Å². The summed E-state index contributed by atoms with van der Waals surface area (Å²) in [5.74, 6) is 0.428. The van der Waals surface area contributed by atoms with Crippen molar-refractivity contribution < 1.29 is 5.11 Å². The minimum absolute atomic E-state index is 0.288. The number of fused-ring (bicyclic) bond motifs is 1. The molecule has 0 spiro atoms. The number of anilines is 1. The summed E-state index contributed by atoms with van der Waals surface area (Å²) in [6, 6.07) is 8.22. The van der Waals surface area contributed by atoms with Gasteiger partial charge in [0.2, 0.25) is 0 Å². The largest absolute Gasteiger partial charge is 0.396 e. The molecule has 0 radical (unpaired) electrons. The van der Waals surface area contributed by atoms with Gasteiger partial charge in [-0.3, -0.25) is 4.98 Å². The number of halogens is 1. The third kappa shape index (κ3) is 1.89. The molecule has 3 nitrogen and oxygen atoms in total. The van der Waals surface area contributed by atoms with E-state index in [9.17, 15) is 0 Å². The monoisotopic (exact) mass is 340 g/mol. The van der Waals surface area contributed by atoms with E-state index in [2.05, 4.69) is 38.5 Å². The molecule has 3 rings (SSSR count). The number of hydrogen-bond acceptors (Lipinski definition) is 3. The Morgan fingerprint density at radius 1 is 1.35 bits per heavy atom. The first-order valence-corrected chi connectivity index (χ1v) is 6.76. The molecular formula is C13H13IN2O. The summed E-state index contributed by atoms with van der Waals surface area (Å²) in [6.45, 7) is 2.18. The highest BCUT2D eigenvalue weighted by Crippen LogP contribution is 2.34. The molecule has 0 amide bonds. The first kappa shape index (κ1) is 11.2. The Morgan fingerprint density at radius 2 is 2.12 bits per heavy atom. The number of benzene rings is 1. The van der Waals surface area contributed by atoms with Crippen molar-refractivity contribution in [1.82, 2.24) is 4.98 Å². The molecule has 1 saturated heterocycles. The van der Waals surface area contributed by atoms with Crippen molar-refractivity contribution in [1.29, 1.82) is 0 Å².